The van der Waals surface area contributed by atoms with Crippen LogP contribution in [0.15, 0.2) is 35.4 Å². The van der Waals surface area contributed by atoms with E-state index in [9.17, 15) is 4.79 Å². The van der Waals surface area contributed by atoms with Crippen LogP contribution in [-0.2, 0) is 4.79 Å². The summed E-state index contributed by atoms with van der Waals surface area (Å²) in [6.07, 6.45) is 6.25. The number of hydrazone groups is 1. The molecule has 1 amide bonds. The number of hydrazine groups is 1. The van der Waals surface area contributed by atoms with Crippen LogP contribution >= 0.6 is 0 Å². The predicted octanol–water partition coefficient (Wildman–Crippen LogP) is 3.64. The molecule has 1 aromatic heterocycles. The van der Waals surface area contributed by atoms with Gasteiger partial charge in [0.15, 0.2) is 0 Å². The van der Waals surface area contributed by atoms with Crippen LogP contribution in [0.4, 0.5) is 0 Å². The summed E-state index contributed by atoms with van der Waals surface area (Å²) in [7, 11) is 0. The lowest BCUT2D eigenvalue weighted by molar-refractivity contribution is -0.124. The minimum atomic E-state index is -0.262. The monoisotopic (exact) mass is 436 g/mol. The van der Waals surface area contributed by atoms with E-state index in [1.807, 2.05) is 48.9 Å². The Morgan fingerprint density at radius 2 is 2.00 bits per heavy atom. The van der Waals surface area contributed by atoms with Crippen molar-refractivity contribution in [3.8, 4) is 5.69 Å². The van der Waals surface area contributed by atoms with Crippen molar-refractivity contribution < 1.29 is 4.79 Å². The summed E-state index contributed by atoms with van der Waals surface area (Å²) in [5.41, 5.74) is 13.5. The number of carbonyl (C=O) groups is 1. The number of rotatable bonds is 6. The highest BCUT2D eigenvalue weighted by Crippen LogP contribution is 2.44. The van der Waals surface area contributed by atoms with Gasteiger partial charge in [-0.15, -0.1) is 0 Å². The molecule has 7 nitrogen and oxygen atoms in total. The van der Waals surface area contributed by atoms with E-state index >= 15 is 0 Å². The summed E-state index contributed by atoms with van der Waals surface area (Å²) in [6.45, 7) is 10.9. The molecule has 0 radical (unpaired) electrons. The molecule has 0 bridgehead atoms. The summed E-state index contributed by atoms with van der Waals surface area (Å²) in [5, 5.41) is 8.93. The lowest BCUT2D eigenvalue weighted by atomic mass is 9.65. The third kappa shape index (κ3) is 4.36. The van der Waals surface area contributed by atoms with Gasteiger partial charge in [0, 0.05) is 17.5 Å². The zero-order valence-corrected chi connectivity index (χ0v) is 19.9. The zero-order chi connectivity index (χ0) is 22.9. The van der Waals surface area contributed by atoms with Crippen molar-refractivity contribution in [2.75, 3.05) is 0 Å². The van der Waals surface area contributed by atoms with Gasteiger partial charge in [-0.3, -0.25) is 10.2 Å². The Morgan fingerprint density at radius 3 is 2.72 bits per heavy atom. The second-order valence-corrected chi connectivity index (χ2v) is 9.95. The van der Waals surface area contributed by atoms with E-state index in [0.717, 1.165) is 41.9 Å². The van der Waals surface area contributed by atoms with Crippen molar-refractivity contribution in [2.45, 2.75) is 72.4 Å². The Balaban J connectivity index is 1.42. The number of para-hydroxylation sites is 1. The molecule has 1 aliphatic heterocycles. The van der Waals surface area contributed by atoms with E-state index in [1.54, 1.807) is 6.21 Å². The number of carbonyl (C=O) groups excluding carboxylic acids is 1. The molecule has 3 N–H and O–H groups in total. The smallest absolute Gasteiger partial charge is 0.258 e. The molecule has 2 aliphatic rings. The van der Waals surface area contributed by atoms with Crippen LogP contribution in [0.3, 0.4) is 0 Å². The maximum absolute atomic E-state index is 13.0. The third-order valence-electron chi connectivity index (χ3n) is 7.77. The number of hydrogen-bond acceptors (Lipinski definition) is 5. The summed E-state index contributed by atoms with van der Waals surface area (Å²) in [4.78, 5) is 13.0. The van der Waals surface area contributed by atoms with Gasteiger partial charge in [0.1, 0.15) is 6.04 Å². The molecule has 2 aromatic rings. The lowest BCUT2D eigenvalue weighted by Gasteiger charge is -2.41. The highest BCUT2D eigenvalue weighted by Gasteiger charge is 2.46. The van der Waals surface area contributed by atoms with Crippen LogP contribution in [0.25, 0.3) is 5.69 Å². The molecule has 1 saturated heterocycles. The molecule has 172 valence electrons. The first kappa shape index (κ1) is 22.7. The van der Waals surface area contributed by atoms with Gasteiger partial charge in [0.25, 0.3) is 5.91 Å². The Labute approximate surface area is 191 Å². The summed E-state index contributed by atoms with van der Waals surface area (Å²) < 4.78 is 1.91. The zero-order valence-electron chi connectivity index (χ0n) is 19.9. The van der Waals surface area contributed by atoms with Crippen molar-refractivity contribution in [1.29, 1.82) is 0 Å². The Hall–Kier alpha value is -2.51. The highest BCUT2D eigenvalue weighted by molar-refractivity contribution is 5.86. The Kier molecular flexibility index (Phi) is 6.49. The highest BCUT2D eigenvalue weighted by atomic mass is 16.2. The molecule has 2 fully saturated rings. The number of benzene rings is 1. The lowest BCUT2D eigenvalue weighted by Crippen LogP contribution is -2.45. The van der Waals surface area contributed by atoms with Crippen molar-refractivity contribution in [3.05, 3.63) is 47.3 Å². The number of fused-ring (bicyclic) bond motifs is 1. The number of nitrogens with one attached hydrogen (secondary N) is 3. The van der Waals surface area contributed by atoms with Gasteiger partial charge in [-0.2, -0.15) is 10.2 Å². The molecule has 32 heavy (non-hydrogen) atoms. The predicted molar refractivity (Wildman–Crippen MR) is 128 cm³/mol. The topological polar surface area (TPSA) is 83.3 Å². The first-order chi connectivity index (χ1) is 15.3. The maximum Gasteiger partial charge on any atom is 0.258 e. The molecule has 0 spiro atoms. The second kappa shape index (κ2) is 9.16. The average molecular weight is 437 g/mol. The second-order valence-electron chi connectivity index (χ2n) is 9.95. The van der Waals surface area contributed by atoms with E-state index < -0.39 is 0 Å². The van der Waals surface area contributed by atoms with E-state index in [-0.39, 0.29) is 11.9 Å². The molecule has 1 aliphatic carbocycles. The van der Waals surface area contributed by atoms with E-state index in [0.29, 0.717) is 23.3 Å². The molecular formula is C25H36N6O. The number of aromatic nitrogens is 2. The summed E-state index contributed by atoms with van der Waals surface area (Å²) in [5.74, 6) is 0.851. The van der Waals surface area contributed by atoms with Crippen LogP contribution in [-0.4, -0.2) is 34.0 Å². The molecule has 4 unspecified atom stereocenters. The van der Waals surface area contributed by atoms with Crippen LogP contribution < -0.4 is 16.3 Å². The normalized spacial score (nSPS) is 25.8. The molecule has 1 aromatic carbocycles. The Bertz CT molecular complexity index is 980. The fourth-order valence-electron chi connectivity index (χ4n) is 5.21. The van der Waals surface area contributed by atoms with Crippen molar-refractivity contribution >= 4 is 12.1 Å². The first-order valence-electron chi connectivity index (χ1n) is 11.8. The van der Waals surface area contributed by atoms with Crippen LogP contribution in [0.2, 0.25) is 0 Å². The number of nitrogens with zero attached hydrogens (tertiary/aromatic N) is 3. The molecular weight excluding hydrogens is 400 g/mol. The number of aryl methyl sites for hydroxylation is 1. The largest absolute Gasteiger partial charge is 0.271 e. The fraction of sp³-hybridized carbons (Fsp3) is 0.560. The fourth-order valence-corrected chi connectivity index (χ4v) is 5.21. The molecule has 4 atom stereocenters. The van der Waals surface area contributed by atoms with Crippen molar-refractivity contribution in [3.63, 3.8) is 0 Å². The van der Waals surface area contributed by atoms with E-state index in [2.05, 4.69) is 47.2 Å². The van der Waals surface area contributed by atoms with E-state index in [4.69, 9.17) is 0 Å². The maximum atomic E-state index is 13.0. The first-order valence-corrected chi connectivity index (χ1v) is 11.8. The van der Waals surface area contributed by atoms with Gasteiger partial charge < -0.3 is 0 Å². The van der Waals surface area contributed by atoms with Crippen molar-refractivity contribution in [2.24, 2.45) is 22.4 Å². The molecule has 1 saturated carbocycles. The Morgan fingerprint density at radius 1 is 1.25 bits per heavy atom. The van der Waals surface area contributed by atoms with Gasteiger partial charge >= 0.3 is 0 Å². The SMILES string of the molecule is CCC(C)(C)C1CCC2NNC(C(=O)N/N=C/c3c(C)nn(-c4ccccc4)c3C)C2C1. The standard InChI is InChI=1S/C25H36N6O/c1-6-25(4,5)18-12-13-22-20(14-18)23(28-27-22)24(32)29-26-15-21-16(2)30-31(17(21)3)19-10-8-7-9-11-19/h7-11,15,18,20,22-23,27-28H,6,12-14H2,1-5H3,(H,29,32)/b26-15+. The minimum Gasteiger partial charge on any atom is -0.271 e. The van der Waals surface area contributed by atoms with Crippen LogP contribution in [0.5, 0.6) is 0 Å². The summed E-state index contributed by atoms with van der Waals surface area (Å²) in [6, 6.07) is 10.1. The van der Waals surface area contributed by atoms with Crippen LogP contribution in [0, 0.1) is 31.1 Å². The third-order valence-corrected chi connectivity index (χ3v) is 7.77. The number of hydrogen-bond donors (Lipinski definition) is 3. The minimum absolute atomic E-state index is 0.0815. The van der Waals surface area contributed by atoms with E-state index in [1.165, 1.54) is 6.42 Å². The van der Waals surface area contributed by atoms with Gasteiger partial charge in [0.05, 0.1) is 23.3 Å². The van der Waals surface area contributed by atoms with Crippen LogP contribution in [0.1, 0.15) is 63.4 Å². The average Bonchev–Trinajstić information content (AvgIpc) is 3.35. The summed E-state index contributed by atoms with van der Waals surface area (Å²) >= 11 is 0. The molecule has 4 rings (SSSR count). The van der Waals surface area contributed by atoms with Gasteiger partial charge in [-0.05, 0) is 56.6 Å². The van der Waals surface area contributed by atoms with Gasteiger partial charge in [-0.1, -0.05) is 45.4 Å². The molecule has 2 heterocycles. The molecule has 7 heteroatoms. The van der Waals surface area contributed by atoms with Gasteiger partial charge in [0.2, 0.25) is 0 Å². The number of amides is 1. The van der Waals surface area contributed by atoms with Crippen molar-refractivity contribution in [1.82, 2.24) is 26.1 Å². The quantitative estimate of drug-likeness (QED) is 0.477. The van der Waals surface area contributed by atoms with Gasteiger partial charge in [-0.25, -0.2) is 15.5 Å².